The SMILES string of the molecule is CN1C[C@H](c2ccccc2)CC2(CCN(C(=O)C3CCOCC3)CC2)C1. The second kappa shape index (κ2) is 7.69. The van der Waals surface area contributed by atoms with Crippen LogP contribution in [-0.4, -0.2) is 62.1 Å². The maximum atomic E-state index is 12.8. The minimum atomic E-state index is 0.198. The van der Waals surface area contributed by atoms with Crippen molar-refractivity contribution in [1.82, 2.24) is 9.80 Å². The van der Waals surface area contributed by atoms with Crippen molar-refractivity contribution in [2.24, 2.45) is 11.3 Å². The van der Waals surface area contributed by atoms with Gasteiger partial charge in [-0.3, -0.25) is 4.79 Å². The summed E-state index contributed by atoms with van der Waals surface area (Å²) >= 11 is 0. The molecule has 0 N–H and O–H groups in total. The summed E-state index contributed by atoms with van der Waals surface area (Å²) in [5.41, 5.74) is 1.85. The van der Waals surface area contributed by atoms with Crippen molar-refractivity contribution in [2.75, 3.05) is 46.4 Å². The lowest BCUT2D eigenvalue weighted by molar-refractivity contribution is -0.141. The molecule has 3 fully saturated rings. The first kappa shape index (κ1) is 18.0. The number of carbonyl (C=O) groups is 1. The third-order valence-corrected chi connectivity index (χ3v) is 6.79. The summed E-state index contributed by atoms with van der Waals surface area (Å²) in [5.74, 6) is 1.20. The van der Waals surface area contributed by atoms with E-state index in [-0.39, 0.29) is 5.92 Å². The number of ether oxygens (including phenoxy) is 1. The molecule has 0 aromatic heterocycles. The second-order valence-electron chi connectivity index (χ2n) is 8.72. The van der Waals surface area contributed by atoms with E-state index in [1.165, 1.54) is 18.5 Å². The maximum Gasteiger partial charge on any atom is 0.225 e. The lowest BCUT2D eigenvalue weighted by Gasteiger charge is -2.50. The Hall–Kier alpha value is -1.39. The summed E-state index contributed by atoms with van der Waals surface area (Å²) in [6, 6.07) is 11.0. The van der Waals surface area contributed by atoms with Gasteiger partial charge in [0.1, 0.15) is 0 Å². The molecule has 0 bridgehead atoms. The number of hydrogen-bond donors (Lipinski definition) is 0. The van der Waals surface area contributed by atoms with Crippen LogP contribution in [0.3, 0.4) is 0 Å². The molecule has 1 spiro atoms. The molecule has 4 nitrogen and oxygen atoms in total. The molecule has 1 atom stereocenters. The number of rotatable bonds is 2. The molecule has 3 aliphatic heterocycles. The molecule has 142 valence electrons. The van der Waals surface area contributed by atoms with Crippen LogP contribution in [0, 0.1) is 11.3 Å². The quantitative estimate of drug-likeness (QED) is 0.816. The molecule has 26 heavy (non-hydrogen) atoms. The number of piperidine rings is 2. The largest absolute Gasteiger partial charge is 0.381 e. The van der Waals surface area contributed by atoms with Crippen LogP contribution in [0.4, 0.5) is 0 Å². The molecule has 0 radical (unpaired) electrons. The Morgan fingerprint density at radius 3 is 2.50 bits per heavy atom. The van der Waals surface area contributed by atoms with Gasteiger partial charge in [-0.2, -0.15) is 0 Å². The summed E-state index contributed by atoms with van der Waals surface area (Å²) < 4.78 is 5.42. The zero-order chi connectivity index (χ0) is 18.0. The van der Waals surface area contributed by atoms with Crippen LogP contribution in [0.1, 0.15) is 43.6 Å². The van der Waals surface area contributed by atoms with Gasteiger partial charge in [-0.05, 0) is 56.0 Å². The molecule has 3 saturated heterocycles. The van der Waals surface area contributed by atoms with Crippen molar-refractivity contribution in [1.29, 1.82) is 0 Å². The summed E-state index contributed by atoms with van der Waals surface area (Å²) in [6.45, 7) is 5.69. The lowest BCUT2D eigenvalue weighted by atomic mass is 9.68. The minimum absolute atomic E-state index is 0.198. The molecule has 0 aliphatic carbocycles. The van der Waals surface area contributed by atoms with Gasteiger partial charge in [0.05, 0.1) is 0 Å². The van der Waals surface area contributed by atoms with E-state index in [4.69, 9.17) is 4.74 Å². The lowest BCUT2D eigenvalue weighted by Crippen LogP contribution is -2.52. The zero-order valence-electron chi connectivity index (χ0n) is 16.0. The molecule has 1 aromatic rings. The number of likely N-dealkylation sites (N-methyl/N-ethyl adjacent to an activating group) is 1. The highest BCUT2D eigenvalue weighted by molar-refractivity contribution is 5.79. The van der Waals surface area contributed by atoms with Crippen LogP contribution in [0.15, 0.2) is 30.3 Å². The predicted molar refractivity (Wildman–Crippen MR) is 103 cm³/mol. The van der Waals surface area contributed by atoms with Crippen LogP contribution >= 0.6 is 0 Å². The topological polar surface area (TPSA) is 32.8 Å². The highest BCUT2D eigenvalue weighted by atomic mass is 16.5. The Bertz CT molecular complexity index is 604. The second-order valence-corrected chi connectivity index (χ2v) is 8.72. The van der Waals surface area contributed by atoms with E-state index < -0.39 is 0 Å². The van der Waals surface area contributed by atoms with Gasteiger partial charge in [0.2, 0.25) is 5.91 Å². The van der Waals surface area contributed by atoms with Gasteiger partial charge in [0.15, 0.2) is 0 Å². The highest BCUT2D eigenvalue weighted by Crippen LogP contribution is 2.44. The Kier molecular flexibility index (Phi) is 5.32. The molecule has 3 heterocycles. The van der Waals surface area contributed by atoms with Crippen LogP contribution < -0.4 is 0 Å². The first-order chi connectivity index (χ1) is 12.7. The fourth-order valence-electron chi connectivity index (χ4n) is 5.38. The van der Waals surface area contributed by atoms with E-state index in [1.807, 2.05) is 0 Å². The van der Waals surface area contributed by atoms with Crippen molar-refractivity contribution in [3.63, 3.8) is 0 Å². The number of likely N-dealkylation sites (tertiary alicyclic amines) is 2. The van der Waals surface area contributed by atoms with E-state index >= 15 is 0 Å². The Balaban J connectivity index is 1.39. The van der Waals surface area contributed by atoms with E-state index in [9.17, 15) is 4.79 Å². The van der Waals surface area contributed by atoms with Gasteiger partial charge in [0.25, 0.3) is 0 Å². The average Bonchev–Trinajstić information content (AvgIpc) is 2.69. The van der Waals surface area contributed by atoms with E-state index in [0.717, 1.165) is 58.5 Å². The van der Waals surface area contributed by atoms with Crippen LogP contribution in [-0.2, 0) is 9.53 Å². The molecular weight excluding hydrogens is 324 g/mol. The van der Waals surface area contributed by atoms with Gasteiger partial charge in [-0.25, -0.2) is 0 Å². The smallest absolute Gasteiger partial charge is 0.225 e. The van der Waals surface area contributed by atoms with E-state index in [1.54, 1.807) is 0 Å². The number of carbonyl (C=O) groups excluding carboxylic acids is 1. The van der Waals surface area contributed by atoms with Gasteiger partial charge < -0.3 is 14.5 Å². The fourth-order valence-corrected chi connectivity index (χ4v) is 5.38. The number of nitrogens with zero attached hydrogens (tertiary/aromatic N) is 2. The molecule has 4 heteroatoms. The molecule has 3 aliphatic rings. The van der Waals surface area contributed by atoms with Gasteiger partial charge in [-0.15, -0.1) is 0 Å². The first-order valence-corrected chi connectivity index (χ1v) is 10.3. The Morgan fingerprint density at radius 1 is 1.12 bits per heavy atom. The van der Waals surface area contributed by atoms with Gasteiger partial charge >= 0.3 is 0 Å². The number of benzene rings is 1. The van der Waals surface area contributed by atoms with Crippen molar-refractivity contribution in [3.05, 3.63) is 35.9 Å². The fraction of sp³-hybridized carbons (Fsp3) is 0.682. The van der Waals surface area contributed by atoms with Crippen LogP contribution in [0.25, 0.3) is 0 Å². The van der Waals surface area contributed by atoms with Crippen molar-refractivity contribution in [3.8, 4) is 0 Å². The highest BCUT2D eigenvalue weighted by Gasteiger charge is 2.42. The summed E-state index contributed by atoms with van der Waals surface area (Å²) in [7, 11) is 2.26. The summed E-state index contributed by atoms with van der Waals surface area (Å²) in [6.07, 6.45) is 5.37. The van der Waals surface area contributed by atoms with Crippen molar-refractivity contribution >= 4 is 5.91 Å². The van der Waals surface area contributed by atoms with Gasteiger partial charge in [-0.1, -0.05) is 30.3 Å². The summed E-state index contributed by atoms with van der Waals surface area (Å²) in [5, 5.41) is 0. The normalized spacial score (nSPS) is 27.6. The van der Waals surface area contributed by atoms with E-state index in [2.05, 4.69) is 47.2 Å². The van der Waals surface area contributed by atoms with Crippen LogP contribution in [0.2, 0.25) is 0 Å². The predicted octanol–water partition coefficient (Wildman–Crippen LogP) is 3.14. The van der Waals surface area contributed by atoms with Gasteiger partial charge in [0, 0.05) is 45.3 Å². The standard InChI is InChI=1S/C22H32N2O2/c1-23-16-20(18-5-3-2-4-6-18)15-22(17-23)9-11-24(12-10-22)21(25)19-7-13-26-14-8-19/h2-6,19-20H,7-17H2,1H3/t20-/m1/s1. The third-order valence-electron chi connectivity index (χ3n) is 6.79. The van der Waals surface area contributed by atoms with Crippen molar-refractivity contribution in [2.45, 2.75) is 38.0 Å². The maximum absolute atomic E-state index is 12.8. The third kappa shape index (κ3) is 3.81. The van der Waals surface area contributed by atoms with E-state index in [0.29, 0.717) is 17.2 Å². The minimum Gasteiger partial charge on any atom is -0.381 e. The molecule has 1 aromatic carbocycles. The summed E-state index contributed by atoms with van der Waals surface area (Å²) in [4.78, 5) is 17.5. The molecule has 1 amide bonds. The monoisotopic (exact) mass is 356 g/mol. The Morgan fingerprint density at radius 2 is 1.81 bits per heavy atom. The number of amides is 1. The first-order valence-electron chi connectivity index (χ1n) is 10.3. The molecule has 0 unspecified atom stereocenters. The molecular formula is C22H32N2O2. The average molecular weight is 357 g/mol. The molecule has 0 saturated carbocycles. The number of hydrogen-bond acceptors (Lipinski definition) is 3. The van der Waals surface area contributed by atoms with Crippen molar-refractivity contribution < 1.29 is 9.53 Å². The Labute approximate surface area is 157 Å². The van der Waals surface area contributed by atoms with Crippen LogP contribution in [0.5, 0.6) is 0 Å². The zero-order valence-corrected chi connectivity index (χ0v) is 16.0. The molecule has 4 rings (SSSR count).